The van der Waals surface area contributed by atoms with Crippen LogP contribution in [0.2, 0.25) is 0 Å². The van der Waals surface area contributed by atoms with Crippen molar-refractivity contribution in [2.75, 3.05) is 40.4 Å². The summed E-state index contributed by atoms with van der Waals surface area (Å²) in [5.74, 6) is 1.65. The molecule has 7 nitrogen and oxygen atoms in total. The van der Waals surface area contributed by atoms with Gasteiger partial charge in [-0.15, -0.1) is 0 Å². The zero-order valence-electron chi connectivity index (χ0n) is 18.1. The van der Waals surface area contributed by atoms with E-state index in [1.165, 1.54) is 11.1 Å². The van der Waals surface area contributed by atoms with E-state index in [9.17, 15) is 4.79 Å². The van der Waals surface area contributed by atoms with Crippen molar-refractivity contribution in [1.29, 1.82) is 0 Å². The number of nitrogens with zero attached hydrogens (tertiary/aromatic N) is 3. The van der Waals surface area contributed by atoms with Gasteiger partial charge >= 0.3 is 0 Å². The van der Waals surface area contributed by atoms with Crippen LogP contribution in [0.5, 0.6) is 11.5 Å². The summed E-state index contributed by atoms with van der Waals surface area (Å²) in [6.07, 6.45) is 0. The van der Waals surface area contributed by atoms with Crippen molar-refractivity contribution in [2.45, 2.75) is 13.5 Å². The minimum atomic E-state index is -0.118. The van der Waals surface area contributed by atoms with Gasteiger partial charge in [-0.25, -0.2) is 0 Å². The van der Waals surface area contributed by atoms with E-state index in [0.29, 0.717) is 41.6 Å². The smallest absolute Gasteiger partial charge is 0.276 e. The van der Waals surface area contributed by atoms with E-state index < -0.39 is 0 Å². The second kappa shape index (κ2) is 9.22. The normalized spacial score (nSPS) is 14.5. The number of ether oxygens (including phenoxy) is 2. The predicted molar refractivity (Wildman–Crippen MR) is 117 cm³/mol. The first-order valence-corrected chi connectivity index (χ1v) is 10.3. The highest BCUT2D eigenvalue weighted by atomic mass is 16.5. The van der Waals surface area contributed by atoms with Gasteiger partial charge in [0.1, 0.15) is 11.5 Å². The molecule has 0 N–H and O–H groups in total. The molecule has 0 bridgehead atoms. The van der Waals surface area contributed by atoms with Gasteiger partial charge in [0, 0.05) is 38.8 Å². The van der Waals surface area contributed by atoms with Crippen molar-refractivity contribution in [1.82, 2.24) is 15.0 Å². The molecular formula is C24H27N3O4. The van der Waals surface area contributed by atoms with Gasteiger partial charge in [-0.3, -0.25) is 9.69 Å². The third-order valence-corrected chi connectivity index (χ3v) is 5.72. The lowest BCUT2D eigenvalue weighted by Crippen LogP contribution is -2.48. The summed E-state index contributed by atoms with van der Waals surface area (Å²) < 4.78 is 16.2. The minimum absolute atomic E-state index is 0.118. The molecule has 0 atom stereocenters. The number of amides is 1. The van der Waals surface area contributed by atoms with Crippen LogP contribution >= 0.6 is 0 Å². The van der Waals surface area contributed by atoms with Crippen molar-refractivity contribution in [3.8, 4) is 22.8 Å². The van der Waals surface area contributed by atoms with Gasteiger partial charge in [-0.2, -0.15) is 0 Å². The molecule has 0 radical (unpaired) electrons. The summed E-state index contributed by atoms with van der Waals surface area (Å²) >= 11 is 0. The van der Waals surface area contributed by atoms with Crippen LogP contribution in [0.1, 0.15) is 21.6 Å². The van der Waals surface area contributed by atoms with Crippen LogP contribution < -0.4 is 9.47 Å². The van der Waals surface area contributed by atoms with Gasteiger partial charge in [-0.1, -0.05) is 29.4 Å². The van der Waals surface area contributed by atoms with E-state index in [0.717, 1.165) is 19.6 Å². The fraction of sp³-hybridized carbons (Fsp3) is 0.333. The number of rotatable bonds is 6. The van der Waals surface area contributed by atoms with E-state index in [1.54, 1.807) is 38.5 Å². The Balaban J connectivity index is 1.41. The molecule has 0 spiro atoms. The average Bonchev–Trinajstić information content (AvgIpc) is 3.30. The number of aromatic nitrogens is 1. The Morgan fingerprint density at radius 2 is 1.81 bits per heavy atom. The number of carbonyl (C=O) groups excluding carboxylic acids is 1. The Morgan fingerprint density at radius 1 is 1.03 bits per heavy atom. The maximum absolute atomic E-state index is 13.0. The van der Waals surface area contributed by atoms with Gasteiger partial charge in [0.2, 0.25) is 0 Å². The molecule has 1 fully saturated rings. The fourth-order valence-electron chi connectivity index (χ4n) is 3.81. The standard InChI is InChI=1S/C24H27N3O4/c1-17-6-4-5-7-18(17)16-26-10-12-27(13-11-26)24(28)21-15-23(31-25-21)20-14-19(29-2)8-9-22(20)30-3/h4-9,14-15H,10-13,16H2,1-3H3. The highest BCUT2D eigenvalue weighted by Gasteiger charge is 2.25. The lowest BCUT2D eigenvalue weighted by molar-refractivity contribution is 0.0618. The number of benzene rings is 2. The van der Waals surface area contributed by atoms with Crippen molar-refractivity contribution in [3.05, 3.63) is 65.4 Å². The first-order valence-electron chi connectivity index (χ1n) is 10.3. The lowest BCUT2D eigenvalue weighted by atomic mass is 10.1. The van der Waals surface area contributed by atoms with Crippen LogP contribution in [0.4, 0.5) is 0 Å². The Hall–Kier alpha value is -3.32. The van der Waals surface area contributed by atoms with Crippen molar-refractivity contribution in [3.63, 3.8) is 0 Å². The van der Waals surface area contributed by atoms with Gasteiger partial charge in [0.05, 0.1) is 19.8 Å². The Morgan fingerprint density at radius 3 is 2.52 bits per heavy atom. The quantitative estimate of drug-likeness (QED) is 0.606. The van der Waals surface area contributed by atoms with E-state index >= 15 is 0 Å². The van der Waals surface area contributed by atoms with Crippen molar-refractivity contribution in [2.24, 2.45) is 0 Å². The van der Waals surface area contributed by atoms with Crippen molar-refractivity contribution >= 4 is 5.91 Å². The Bertz CT molecular complexity index is 1050. The molecule has 1 aliphatic rings. The number of hydrogen-bond donors (Lipinski definition) is 0. The zero-order valence-corrected chi connectivity index (χ0v) is 18.1. The van der Waals surface area contributed by atoms with Crippen LogP contribution in [0, 0.1) is 6.92 Å². The molecule has 1 aromatic heterocycles. The molecule has 3 aromatic rings. The third-order valence-electron chi connectivity index (χ3n) is 5.72. The molecule has 31 heavy (non-hydrogen) atoms. The molecule has 0 unspecified atom stereocenters. The van der Waals surface area contributed by atoms with Crippen LogP contribution in [0.3, 0.4) is 0 Å². The number of carbonyl (C=O) groups is 1. The third kappa shape index (κ3) is 4.56. The molecular weight excluding hydrogens is 394 g/mol. The summed E-state index contributed by atoms with van der Waals surface area (Å²) in [5, 5.41) is 4.02. The monoisotopic (exact) mass is 421 g/mol. The molecule has 1 saturated heterocycles. The SMILES string of the molecule is COc1ccc(OC)c(-c2cc(C(=O)N3CCN(Cc4ccccc4C)CC3)no2)c1. The van der Waals surface area contributed by atoms with Crippen LogP contribution in [0.15, 0.2) is 53.1 Å². The molecule has 162 valence electrons. The Kier molecular flexibility index (Phi) is 6.23. The first-order chi connectivity index (χ1) is 15.1. The lowest BCUT2D eigenvalue weighted by Gasteiger charge is -2.34. The molecule has 1 amide bonds. The van der Waals surface area contributed by atoms with Gasteiger partial charge in [0.25, 0.3) is 5.91 Å². The minimum Gasteiger partial charge on any atom is -0.497 e. The number of hydrogen-bond acceptors (Lipinski definition) is 6. The molecule has 2 heterocycles. The first kappa shape index (κ1) is 20.9. The molecule has 7 heteroatoms. The Labute approximate surface area is 182 Å². The number of aryl methyl sites for hydroxylation is 1. The van der Waals surface area contributed by atoms with Gasteiger partial charge < -0.3 is 18.9 Å². The highest BCUT2D eigenvalue weighted by Crippen LogP contribution is 2.34. The van der Waals surface area contributed by atoms with E-state index in [4.69, 9.17) is 14.0 Å². The predicted octanol–water partition coefficient (Wildman–Crippen LogP) is 3.63. The maximum Gasteiger partial charge on any atom is 0.276 e. The van der Waals surface area contributed by atoms with Gasteiger partial charge in [0.15, 0.2) is 11.5 Å². The van der Waals surface area contributed by atoms with E-state index in [-0.39, 0.29) is 5.91 Å². The molecule has 0 aliphatic carbocycles. The topological polar surface area (TPSA) is 68.0 Å². The van der Waals surface area contributed by atoms with Gasteiger partial charge in [-0.05, 0) is 36.2 Å². The average molecular weight is 421 g/mol. The summed E-state index contributed by atoms with van der Waals surface area (Å²) in [6, 6.07) is 15.5. The number of methoxy groups -OCH3 is 2. The van der Waals surface area contributed by atoms with Crippen LogP contribution in [-0.2, 0) is 6.54 Å². The van der Waals surface area contributed by atoms with E-state index in [1.807, 2.05) is 4.90 Å². The maximum atomic E-state index is 13.0. The van der Waals surface area contributed by atoms with Crippen molar-refractivity contribution < 1.29 is 18.8 Å². The molecule has 4 rings (SSSR count). The zero-order chi connectivity index (χ0) is 21.8. The molecule has 1 aliphatic heterocycles. The second-order valence-corrected chi connectivity index (χ2v) is 7.64. The molecule has 0 saturated carbocycles. The number of piperazine rings is 1. The van der Waals surface area contributed by atoms with Crippen LogP contribution in [0.25, 0.3) is 11.3 Å². The summed E-state index contributed by atoms with van der Waals surface area (Å²) in [4.78, 5) is 17.2. The highest BCUT2D eigenvalue weighted by molar-refractivity contribution is 5.93. The van der Waals surface area contributed by atoms with E-state index in [2.05, 4.69) is 41.2 Å². The summed E-state index contributed by atoms with van der Waals surface area (Å²) in [6.45, 7) is 6.01. The second-order valence-electron chi connectivity index (χ2n) is 7.64. The fourth-order valence-corrected chi connectivity index (χ4v) is 3.81. The molecule has 2 aromatic carbocycles. The summed E-state index contributed by atoms with van der Waals surface area (Å²) in [7, 11) is 3.18. The summed E-state index contributed by atoms with van der Waals surface area (Å²) in [5.41, 5.74) is 3.61. The van der Waals surface area contributed by atoms with Crippen LogP contribution in [-0.4, -0.2) is 61.3 Å². The largest absolute Gasteiger partial charge is 0.497 e.